The molecule has 1 N–H and O–H groups in total. The van der Waals surface area contributed by atoms with Crippen LogP contribution in [-0.2, 0) is 6.42 Å². The lowest BCUT2D eigenvalue weighted by molar-refractivity contribution is 0.124. The minimum absolute atomic E-state index is 0.109. The standard InChI is InChI=1S/C17H28N4OS2/c1-14-13-24-16(19-14)3-2-6-18-17(22)21-7-4-15(5-8-21)20-9-11-23-12-10-20/h13,15H,2-12H2,1H3,(H,18,22). The molecule has 134 valence electrons. The number of urea groups is 1. The van der Waals surface area contributed by atoms with Crippen LogP contribution in [0.15, 0.2) is 5.38 Å². The molecule has 2 aliphatic heterocycles. The molecule has 2 fully saturated rings. The van der Waals surface area contributed by atoms with E-state index in [9.17, 15) is 4.79 Å². The molecule has 0 bridgehead atoms. The highest BCUT2D eigenvalue weighted by atomic mass is 32.2. The molecule has 1 aromatic rings. The highest BCUT2D eigenvalue weighted by Crippen LogP contribution is 2.20. The van der Waals surface area contributed by atoms with E-state index in [0.717, 1.165) is 51.0 Å². The zero-order valence-electron chi connectivity index (χ0n) is 14.5. The van der Waals surface area contributed by atoms with Gasteiger partial charge in [0.2, 0.25) is 0 Å². The maximum atomic E-state index is 12.3. The number of aromatic nitrogens is 1. The normalized spacial score (nSPS) is 20.3. The summed E-state index contributed by atoms with van der Waals surface area (Å²) in [5, 5.41) is 6.32. The second-order valence-electron chi connectivity index (χ2n) is 6.58. The number of hydrogen-bond donors (Lipinski definition) is 1. The highest BCUT2D eigenvalue weighted by molar-refractivity contribution is 7.99. The largest absolute Gasteiger partial charge is 0.338 e. The van der Waals surface area contributed by atoms with Gasteiger partial charge in [-0.2, -0.15) is 11.8 Å². The molecule has 3 rings (SSSR count). The zero-order valence-corrected chi connectivity index (χ0v) is 16.1. The number of thioether (sulfide) groups is 1. The lowest BCUT2D eigenvalue weighted by Gasteiger charge is -2.40. The van der Waals surface area contributed by atoms with Crippen molar-refractivity contribution in [3.05, 3.63) is 16.1 Å². The minimum Gasteiger partial charge on any atom is -0.338 e. The van der Waals surface area contributed by atoms with Crippen molar-refractivity contribution < 1.29 is 4.79 Å². The maximum absolute atomic E-state index is 12.3. The lowest BCUT2D eigenvalue weighted by Crippen LogP contribution is -2.51. The molecule has 0 aliphatic carbocycles. The van der Waals surface area contributed by atoms with Gasteiger partial charge >= 0.3 is 6.03 Å². The van der Waals surface area contributed by atoms with Gasteiger partial charge in [0, 0.05) is 67.8 Å². The van der Waals surface area contributed by atoms with Crippen LogP contribution in [0, 0.1) is 6.92 Å². The molecule has 5 nitrogen and oxygen atoms in total. The third kappa shape index (κ3) is 5.10. The molecule has 1 aromatic heterocycles. The molecule has 0 aromatic carbocycles. The summed E-state index contributed by atoms with van der Waals surface area (Å²) in [6.07, 6.45) is 4.15. The maximum Gasteiger partial charge on any atom is 0.317 e. The number of piperidine rings is 1. The van der Waals surface area contributed by atoms with Gasteiger partial charge in [-0.05, 0) is 26.2 Å². The molecule has 2 saturated heterocycles. The number of nitrogens with one attached hydrogen (secondary N) is 1. The summed E-state index contributed by atoms with van der Waals surface area (Å²) in [5.74, 6) is 2.53. The van der Waals surface area contributed by atoms with Crippen LogP contribution in [0.1, 0.15) is 30.0 Å². The van der Waals surface area contributed by atoms with Crippen molar-refractivity contribution in [2.75, 3.05) is 44.2 Å². The number of carbonyl (C=O) groups excluding carboxylic acids is 1. The van der Waals surface area contributed by atoms with Gasteiger partial charge in [0.25, 0.3) is 0 Å². The van der Waals surface area contributed by atoms with E-state index in [2.05, 4.69) is 32.3 Å². The second kappa shape index (κ2) is 9.06. The van der Waals surface area contributed by atoms with Crippen LogP contribution in [0.4, 0.5) is 4.79 Å². The molecule has 0 spiro atoms. The van der Waals surface area contributed by atoms with Crippen molar-refractivity contribution >= 4 is 29.1 Å². The third-order valence-corrected chi connectivity index (χ3v) is 6.79. The highest BCUT2D eigenvalue weighted by Gasteiger charge is 2.27. The van der Waals surface area contributed by atoms with Crippen LogP contribution in [0.3, 0.4) is 0 Å². The van der Waals surface area contributed by atoms with Crippen molar-refractivity contribution in [1.82, 2.24) is 20.1 Å². The van der Waals surface area contributed by atoms with Crippen molar-refractivity contribution in [2.24, 2.45) is 0 Å². The Morgan fingerprint density at radius 2 is 2.04 bits per heavy atom. The Bertz CT molecular complexity index is 522. The number of rotatable bonds is 5. The van der Waals surface area contributed by atoms with Gasteiger partial charge in [-0.1, -0.05) is 0 Å². The van der Waals surface area contributed by atoms with Gasteiger partial charge in [0.1, 0.15) is 0 Å². The van der Waals surface area contributed by atoms with Crippen LogP contribution in [0.2, 0.25) is 0 Å². The summed E-state index contributed by atoms with van der Waals surface area (Å²) >= 11 is 3.77. The summed E-state index contributed by atoms with van der Waals surface area (Å²) in [6.45, 7) is 6.99. The van der Waals surface area contributed by atoms with Crippen molar-refractivity contribution in [3.63, 3.8) is 0 Å². The Hall–Kier alpha value is -0.790. The molecule has 0 radical (unpaired) electrons. The SMILES string of the molecule is Cc1csc(CCCNC(=O)N2CCC(N3CCSCC3)CC2)n1. The summed E-state index contributed by atoms with van der Waals surface area (Å²) in [7, 11) is 0. The Balaban J connectivity index is 1.31. The molecule has 0 saturated carbocycles. The molecule has 24 heavy (non-hydrogen) atoms. The van der Waals surface area contributed by atoms with Crippen molar-refractivity contribution in [1.29, 1.82) is 0 Å². The van der Waals surface area contributed by atoms with Gasteiger partial charge < -0.3 is 10.2 Å². The summed E-state index contributed by atoms with van der Waals surface area (Å²) < 4.78 is 0. The first-order valence-electron chi connectivity index (χ1n) is 8.98. The minimum atomic E-state index is 0.109. The first-order valence-corrected chi connectivity index (χ1v) is 11.0. The Morgan fingerprint density at radius 1 is 1.29 bits per heavy atom. The smallest absolute Gasteiger partial charge is 0.317 e. The second-order valence-corrected chi connectivity index (χ2v) is 8.75. The van der Waals surface area contributed by atoms with Gasteiger partial charge in [0.15, 0.2) is 0 Å². The number of hydrogen-bond acceptors (Lipinski definition) is 5. The third-order valence-electron chi connectivity index (χ3n) is 4.82. The number of aryl methyl sites for hydroxylation is 2. The predicted octanol–water partition coefficient (Wildman–Crippen LogP) is 2.61. The lowest BCUT2D eigenvalue weighted by atomic mass is 10.0. The molecular formula is C17H28N4OS2. The van der Waals surface area contributed by atoms with Crippen LogP contribution >= 0.6 is 23.1 Å². The van der Waals surface area contributed by atoms with Gasteiger partial charge in [-0.3, -0.25) is 4.90 Å². The topological polar surface area (TPSA) is 48.5 Å². The van der Waals surface area contributed by atoms with E-state index >= 15 is 0 Å². The van der Waals surface area contributed by atoms with Crippen LogP contribution < -0.4 is 5.32 Å². The van der Waals surface area contributed by atoms with E-state index in [1.807, 2.05) is 11.8 Å². The van der Waals surface area contributed by atoms with E-state index in [4.69, 9.17) is 0 Å². The zero-order chi connectivity index (χ0) is 16.8. The molecule has 7 heteroatoms. The average Bonchev–Trinajstić information content (AvgIpc) is 3.05. The van der Waals surface area contributed by atoms with Gasteiger partial charge in [-0.15, -0.1) is 11.3 Å². The van der Waals surface area contributed by atoms with Gasteiger partial charge in [-0.25, -0.2) is 9.78 Å². The molecule has 2 aliphatic rings. The summed E-state index contributed by atoms with van der Waals surface area (Å²) in [6, 6.07) is 0.793. The number of nitrogens with zero attached hydrogens (tertiary/aromatic N) is 3. The molecule has 0 unspecified atom stereocenters. The first kappa shape index (κ1) is 18.0. The monoisotopic (exact) mass is 368 g/mol. The van der Waals surface area contributed by atoms with Crippen LogP contribution in [0.25, 0.3) is 0 Å². The molecule has 0 atom stereocenters. The number of amides is 2. The van der Waals surface area contributed by atoms with Crippen LogP contribution in [-0.4, -0.2) is 71.1 Å². The van der Waals surface area contributed by atoms with Gasteiger partial charge in [0.05, 0.1) is 5.01 Å². The Morgan fingerprint density at radius 3 is 2.71 bits per heavy atom. The van der Waals surface area contributed by atoms with Crippen molar-refractivity contribution in [3.8, 4) is 0 Å². The van der Waals surface area contributed by atoms with E-state index in [-0.39, 0.29) is 6.03 Å². The van der Waals surface area contributed by atoms with E-state index in [1.54, 1.807) is 11.3 Å². The van der Waals surface area contributed by atoms with E-state index in [0.29, 0.717) is 6.04 Å². The summed E-state index contributed by atoms with van der Waals surface area (Å²) in [4.78, 5) is 21.4. The predicted molar refractivity (Wildman–Crippen MR) is 102 cm³/mol. The summed E-state index contributed by atoms with van der Waals surface area (Å²) in [5.41, 5.74) is 1.09. The number of carbonyl (C=O) groups is 1. The Kier molecular flexibility index (Phi) is 6.80. The molecule has 3 heterocycles. The van der Waals surface area contributed by atoms with E-state index < -0.39 is 0 Å². The first-order chi connectivity index (χ1) is 11.7. The number of thiazole rings is 1. The number of likely N-dealkylation sites (tertiary alicyclic amines) is 1. The Labute approximate surface area is 153 Å². The average molecular weight is 369 g/mol. The van der Waals surface area contributed by atoms with Crippen LogP contribution in [0.5, 0.6) is 0 Å². The molecule has 2 amide bonds. The van der Waals surface area contributed by atoms with Crippen molar-refractivity contribution in [2.45, 2.75) is 38.6 Å². The quantitative estimate of drug-likeness (QED) is 0.812. The molecular weight excluding hydrogens is 340 g/mol. The van der Waals surface area contributed by atoms with E-state index in [1.165, 1.54) is 29.6 Å². The fraction of sp³-hybridized carbons (Fsp3) is 0.765. The fourth-order valence-electron chi connectivity index (χ4n) is 3.44. The fourth-order valence-corrected chi connectivity index (χ4v) is 5.19.